The summed E-state index contributed by atoms with van der Waals surface area (Å²) in [6, 6.07) is 14.2. The van der Waals surface area contributed by atoms with Crippen LogP contribution in [0, 0.1) is 0 Å². The topological polar surface area (TPSA) is 284 Å². The van der Waals surface area contributed by atoms with Crippen LogP contribution < -0.4 is 21.6 Å². The second-order valence-corrected chi connectivity index (χ2v) is 11.4. The first-order chi connectivity index (χ1) is 22.8. The number of aliphatic imine (C=N–C) groups is 2. The van der Waals surface area contributed by atoms with Crippen molar-refractivity contribution in [1.82, 2.24) is 0 Å². The predicted octanol–water partition coefficient (Wildman–Crippen LogP) is 0.0368. The van der Waals surface area contributed by atoms with E-state index in [1.165, 1.54) is 18.2 Å². The van der Waals surface area contributed by atoms with E-state index in [1.807, 2.05) is 24.3 Å². The average Bonchev–Trinajstić information content (AvgIpc) is 3.05. The molecule has 0 radical (unpaired) electrons. The van der Waals surface area contributed by atoms with E-state index >= 15 is 0 Å². The summed E-state index contributed by atoms with van der Waals surface area (Å²) in [6.45, 7) is -0.476. The van der Waals surface area contributed by atoms with Gasteiger partial charge in [-0.25, -0.2) is 4.79 Å². The first-order valence-electron chi connectivity index (χ1n) is 14.4. The normalized spacial score (nSPS) is 23.6. The van der Waals surface area contributed by atoms with Crippen molar-refractivity contribution in [3.8, 4) is 34.3 Å². The van der Waals surface area contributed by atoms with Gasteiger partial charge in [-0.1, -0.05) is 24.3 Å². The second-order valence-electron chi connectivity index (χ2n) is 11.4. The van der Waals surface area contributed by atoms with Gasteiger partial charge in [0.15, 0.2) is 29.0 Å². The summed E-state index contributed by atoms with van der Waals surface area (Å²) in [5.41, 5.74) is 10.4. The minimum absolute atomic E-state index is 0.00489. The van der Waals surface area contributed by atoms with Gasteiger partial charge >= 0.3 is 5.97 Å². The summed E-state index contributed by atoms with van der Waals surface area (Å²) in [6.07, 6.45) is -8.29. The number of aromatic hydroxyl groups is 3. The summed E-state index contributed by atoms with van der Waals surface area (Å²) < 4.78 is 16.8. The zero-order valence-corrected chi connectivity index (χ0v) is 24.8. The van der Waals surface area contributed by atoms with Crippen LogP contribution in [0.25, 0.3) is 22.3 Å². The van der Waals surface area contributed by atoms with Crippen LogP contribution >= 0.6 is 0 Å². The van der Waals surface area contributed by atoms with Gasteiger partial charge < -0.3 is 61.1 Å². The molecule has 4 aromatic rings. The van der Waals surface area contributed by atoms with Crippen molar-refractivity contribution in [2.45, 2.75) is 43.2 Å². The Kier molecular flexibility index (Phi) is 8.18. The number of aliphatic hydroxyl groups is 3. The molecule has 3 heterocycles. The number of carboxylic acids is 1. The van der Waals surface area contributed by atoms with Gasteiger partial charge in [0, 0.05) is 35.4 Å². The minimum atomic E-state index is -2.72. The highest BCUT2D eigenvalue weighted by molar-refractivity contribution is 6.07. The molecule has 250 valence electrons. The molecule has 16 heteroatoms. The molecule has 0 aliphatic carbocycles. The smallest absolute Gasteiger partial charge is 0.335 e. The lowest BCUT2D eigenvalue weighted by molar-refractivity contribution is -0.303. The molecule has 16 nitrogen and oxygen atoms in total. The number of aliphatic hydroxyl groups excluding tert-OH is 2. The van der Waals surface area contributed by atoms with Gasteiger partial charge in [-0.15, -0.1) is 0 Å². The second kappa shape index (κ2) is 12.2. The zero-order valence-electron chi connectivity index (χ0n) is 24.8. The van der Waals surface area contributed by atoms with Gasteiger partial charge in [-0.3, -0.25) is 14.8 Å². The number of ether oxygens (including phenoxy) is 2. The number of phenolic OH excluding ortho intramolecular Hbond substituents is 3. The number of nitrogens with zero attached hydrogens (tertiary/aromatic N) is 2. The first kappa shape index (κ1) is 32.3. The van der Waals surface area contributed by atoms with Crippen molar-refractivity contribution in [2.24, 2.45) is 21.5 Å². The summed E-state index contributed by atoms with van der Waals surface area (Å²) in [7, 11) is 0. The fraction of sp³-hybridized carbons (Fsp3) is 0.250. The van der Waals surface area contributed by atoms with E-state index in [2.05, 4.69) is 9.98 Å². The number of benzene rings is 3. The SMILES string of the molecule is NC(N)=NC[C@]1(O)[C@H](O)[C@@H](C(=O)O)O[C@H](Oc2cc3oc(-c4ccc(O)cc4C4=NCc5ccccc5C4)cc(=O)c3c(O)c2O)[C@@H]1O. The molecule has 6 rings (SSSR count). The van der Waals surface area contributed by atoms with E-state index in [0.717, 1.165) is 23.3 Å². The molecule has 0 saturated carbocycles. The van der Waals surface area contributed by atoms with Gasteiger partial charge in [0.1, 0.15) is 40.3 Å². The fourth-order valence-electron chi connectivity index (χ4n) is 5.74. The van der Waals surface area contributed by atoms with Crippen molar-refractivity contribution in [1.29, 1.82) is 0 Å². The number of nitrogens with two attached hydrogens (primary N) is 2. The maximum Gasteiger partial charge on any atom is 0.335 e. The summed E-state index contributed by atoms with van der Waals surface area (Å²) in [5, 5.41) is 73.6. The molecule has 48 heavy (non-hydrogen) atoms. The molecule has 1 fully saturated rings. The van der Waals surface area contributed by atoms with Crippen LogP contribution in [-0.4, -0.2) is 90.1 Å². The van der Waals surface area contributed by atoms with E-state index in [-0.39, 0.29) is 17.1 Å². The molecule has 11 N–H and O–H groups in total. The largest absolute Gasteiger partial charge is 0.508 e. The predicted molar refractivity (Wildman–Crippen MR) is 168 cm³/mol. The van der Waals surface area contributed by atoms with Gasteiger partial charge in [-0.05, 0) is 29.3 Å². The monoisotopic (exact) mass is 662 g/mol. The van der Waals surface area contributed by atoms with Crippen LogP contribution in [0.15, 0.2) is 73.8 Å². The number of hydrogen-bond donors (Lipinski definition) is 9. The summed E-state index contributed by atoms with van der Waals surface area (Å²) in [4.78, 5) is 33.4. The number of carboxylic acid groups (broad SMARTS) is 1. The Hall–Kier alpha value is -5.68. The van der Waals surface area contributed by atoms with Crippen molar-refractivity contribution in [3.05, 3.63) is 81.5 Å². The lowest BCUT2D eigenvalue weighted by atomic mass is 9.84. The highest BCUT2D eigenvalue weighted by Gasteiger charge is 2.58. The van der Waals surface area contributed by atoms with Gasteiger partial charge in [0.2, 0.25) is 12.0 Å². The standard InChI is InChI=1S/C32H30N4O12/c33-31(34)36-12-32(45)27(41)26(29(43)44)48-30(28(32)42)47-22-10-21-23(25(40)24(22)39)19(38)9-20(46-21)16-6-5-15(37)8-17(16)18-7-13-3-1-2-4-14(13)11-35-18/h1-6,8-10,26-28,30,37,39-42,45H,7,11-12H2,(H,43,44)(H4,33,34,36)/t26-,27+,28-,30-,32-/m0/s1. The minimum Gasteiger partial charge on any atom is -0.508 e. The molecule has 0 bridgehead atoms. The third-order valence-corrected chi connectivity index (χ3v) is 8.28. The molecule has 1 aromatic heterocycles. The van der Waals surface area contributed by atoms with Crippen molar-refractivity contribution in [3.63, 3.8) is 0 Å². The van der Waals surface area contributed by atoms with Crippen molar-refractivity contribution >= 4 is 28.6 Å². The molecule has 5 atom stereocenters. The Morgan fingerprint density at radius 1 is 1.00 bits per heavy atom. The third-order valence-electron chi connectivity index (χ3n) is 8.28. The number of phenols is 3. The molecular formula is C32H30N4O12. The average molecular weight is 663 g/mol. The van der Waals surface area contributed by atoms with Crippen LogP contribution in [0.4, 0.5) is 0 Å². The Balaban J connectivity index is 1.41. The molecule has 0 amide bonds. The summed E-state index contributed by atoms with van der Waals surface area (Å²) in [5.74, 6) is -5.00. The molecule has 1 saturated heterocycles. The Morgan fingerprint density at radius 3 is 2.44 bits per heavy atom. The molecular weight excluding hydrogens is 632 g/mol. The number of hydrogen-bond acceptors (Lipinski definition) is 13. The van der Waals surface area contributed by atoms with Crippen LogP contribution in [0.1, 0.15) is 16.7 Å². The highest BCUT2D eigenvalue weighted by atomic mass is 16.7. The molecule has 2 aliphatic heterocycles. The van der Waals surface area contributed by atoms with Crippen LogP contribution in [0.5, 0.6) is 23.0 Å². The number of guanidine groups is 1. The lowest BCUT2D eigenvalue weighted by Gasteiger charge is -2.45. The number of carbonyl (C=O) groups is 1. The summed E-state index contributed by atoms with van der Waals surface area (Å²) >= 11 is 0. The molecule has 2 aliphatic rings. The van der Waals surface area contributed by atoms with E-state index in [9.17, 15) is 45.3 Å². The number of aliphatic carboxylic acids is 1. The maximum atomic E-state index is 13.3. The Bertz CT molecular complexity index is 2060. The van der Waals surface area contributed by atoms with E-state index < -0.39 is 76.7 Å². The van der Waals surface area contributed by atoms with Gasteiger partial charge in [0.05, 0.1) is 13.1 Å². The lowest BCUT2D eigenvalue weighted by Crippen LogP contribution is -2.70. The fourth-order valence-corrected chi connectivity index (χ4v) is 5.74. The van der Waals surface area contributed by atoms with Crippen LogP contribution in [0.3, 0.4) is 0 Å². The van der Waals surface area contributed by atoms with Gasteiger partial charge in [-0.2, -0.15) is 0 Å². The molecule has 3 aromatic carbocycles. The Labute approximate surface area is 270 Å². The number of fused-ring (bicyclic) bond motifs is 2. The van der Waals surface area contributed by atoms with Crippen molar-refractivity contribution in [2.75, 3.05) is 6.54 Å². The van der Waals surface area contributed by atoms with Crippen LogP contribution in [-0.2, 0) is 22.5 Å². The van der Waals surface area contributed by atoms with Crippen molar-refractivity contribution < 1.29 is 54.4 Å². The van der Waals surface area contributed by atoms with E-state index in [0.29, 0.717) is 29.8 Å². The Morgan fingerprint density at radius 2 is 1.73 bits per heavy atom. The van der Waals surface area contributed by atoms with E-state index in [4.69, 9.17) is 25.4 Å². The van der Waals surface area contributed by atoms with Crippen LogP contribution in [0.2, 0.25) is 0 Å². The molecule has 0 spiro atoms. The molecule has 0 unspecified atom stereocenters. The zero-order chi connectivity index (χ0) is 34.5. The maximum absolute atomic E-state index is 13.3. The first-order valence-corrected chi connectivity index (χ1v) is 14.4. The quantitative estimate of drug-likeness (QED) is 0.0718. The van der Waals surface area contributed by atoms with E-state index in [1.54, 1.807) is 0 Å². The highest BCUT2D eigenvalue weighted by Crippen LogP contribution is 2.44. The third kappa shape index (κ3) is 5.62. The van der Waals surface area contributed by atoms with Gasteiger partial charge in [0.25, 0.3) is 0 Å². The number of rotatable bonds is 7.